The van der Waals surface area contributed by atoms with Gasteiger partial charge in [0, 0.05) is 13.2 Å². The predicted molar refractivity (Wildman–Crippen MR) is 77.5 cm³/mol. The summed E-state index contributed by atoms with van der Waals surface area (Å²) in [4.78, 5) is 0. The molecule has 5 heteroatoms. The Morgan fingerprint density at radius 3 is 2.84 bits per heavy atom. The fraction of sp³-hybridized carbons (Fsp3) is 0.500. The van der Waals surface area contributed by atoms with Crippen LogP contribution in [0.25, 0.3) is 0 Å². The van der Waals surface area contributed by atoms with Crippen LogP contribution in [0.4, 0.5) is 4.39 Å². The van der Waals surface area contributed by atoms with Crippen molar-refractivity contribution in [1.29, 1.82) is 0 Å². The van der Waals surface area contributed by atoms with Crippen molar-refractivity contribution in [2.45, 2.75) is 31.9 Å². The van der Waals surface area contributed by atoms with Crippen LogP contribution in [0.3, 0.4) is 0 Å². The van der Waals surface area contributed by atoms with Crippen molar-refractivity contribution in [3.8, 4) is 0 Å². The van der Waals surface area contributed by atoms with Gasteiger partial charge in [-0.2, -0.15) is 0 Å². The summed E-state index contributed by atoms with van der Waals surface area (Å²) in [6.45, 7) is 3.58. The Bertz CT molecular complexity index is 418. The van der Waals surface area contributed by atoms with Crippen LogP contribution >= 0.6 is 12.2 Å². The summed E-state index contributed by atoms with van der Waals surface area (Å²) in [5.41, 5.74) is 1.00. The first kappa shape index (κ1) is 14.2. The smallest absolute Gasteiger partial charge is 0.166 e. The molecule has 0 aromatic heterocycles. The molecule has 2 N–H and O–H groups in total. The maximum Gasteiger partial charge on any atom is 0.166 e. The third kappa shape index (κ3) is 4.44. The molecule has 1 fully saturated rings. The zero-order valence-electron chi connectivity index (χ0n) is 11.0. The molecule has 2 atom stereocenters. The van der Waals surface area contributed by atoms with E-state index in [4.69, 9.17) is 17.0 Å². The molecule has 0 spiro atoms. The van der Waals surface area contributed by atoms with Crippen molar-refractivity contribution in [2.24, 2.45) is 0 Å². The highest BCUT2D eigenvalue weighted by Gasteiger charge is 2.15. The summed E-state index contributed by atoms with van der Waals surface area (Å²) in [6.07, 6.45) is 2.47. The second-order valence-corrected chi connectivity index (χ2v) is 5.17. The maximum atomic E-state index is 12.8. The SMILES string of the molecule is C[C@@H](NC(=S)NC[C@H]1CCCO1)c1ccc(F)cc1. The fourth-order valence-electron chi connectivity index (χ4n) is 2.09. The molecule has 0 unspecified atom stereocenters. The molecule has 1 heterocycles. The van der Waals surface area contributed by atoms with E-state index >= 15 is 0 Å². The van der Waals surface area contributed by atoms with Gasteiger partial charge >= 0.3 is 0 Å². The molecule has 1 saturated heterocycles. The van der Waals surface area contributed by atoms with Gasteiger partial charge in [-0.05, 0) is 49.7 Å². The summed E-state index contributed by atoms with van der Waals surface area (Å²) < 4.78 is 18.3. The average molecular weight is 282 g/mol. The standard InChI is InChI=1S/C14H19FN2OS/c1-10(11-4-6-12(15)7-5-11)17-14(19)16-9-13-3-2-8-18-13/h4-7,10,13H,2-3,8-9H2,1H3,(H2,16,17,19)/t10-,13-/m1/s1. The van der Waals surface area contributed by atoms with Crippen LogP contribution in [0.1, 0.15) is 31.4 Å². The van der Waals surface area contributed by atoms with Gasteiger partial charge in [-0.25, -0.2) is 4.39 Å². The zero-order valence-corrected chi connectivity index (χ0v) is 11.8. The van der Waals surface area contributed by atoms with E-state index in [-0.39, 0.29) is 18.0 Å². The quantitative estimate of drug-likeness (QED) is 0.832. The fourth-order valence-corrected chi connectivity index (χ4v) is 2.35. The molecule has 1 aliphatic rings. The Morgan fingerprint density at radius 1 is 1.47 bits per heavy atom. The van der Waals surface area contributed by atoms with Crippen LogP contribution in [-0.2, 0) is 4.74 Å². The van der Waals surface area contributed by atoms with Crippen LogP contribution in [0.2, 0.25) is 0 Å². The molecular formula is C14H19FN2OS. The molecule has 104 valence electrons. The number of ether oxygens (including phenoxy) is 1. The maximum absolute atomic E-state index is 12.8. The van der Waals surface area contributed by atoms with E-state index in [1.54, 1.807) is 12.1 Å². The Hall–Kier alpha value is -1.20. The Labute approximate surface area is 118 Å². The Balaban J connectivity index is 1.76. The van der Waals surface area contributed by atoms with E-state index in [0.717, 1.165) is 31.6 Å². The van der Waals surface area contributed by atoms with Crippen molar-refractivity contribution in [2.75, 3.05) is 13.2 Å². The molecule has 0 aliphatic carbocycles. The number of benzene rings is 1. The van der Waals surface area contributed by atoms with Gasteiger partial charge in [-0.1, -0.05) is 12.1 Å². The van der Waals surface area contributed by atoms with Crippen molar-refractivity contribution < 1.29 is 9.13 Å². The number of rotatable bonds is 4. The van der Waals surface area contributed by atoms with Gasteiger partial charge in [0.2, 0.25) is 0 Å². The normalized spacial score (nSPS) is 20.0. The van der Waals surface area contributed by atoms with Gasteiger partial charge in [-0.3, -0.25) is 0 Å². The minimum atomic E-state index is -0.227. The highest BCUT2D eigenvalue weighted by Crippen LogP contribution is 2.13. The number of thiocarbonyl (C=S) groups is 1. The molecule has 1 aromatic rings. The topological polar surface area (TPSA) is 33.3 Å². The van der Waals surface area contributed by atoms with Crippen molar-refractivity contribution in [1.82, 2.24) is 10.6 Å². The van der Waals surface area contributed by atoms with E-state index in [9.17, 15) is 4.39 Å². The van der Waals surface area contributed by atoms with Crippen LogP contribution in [0, 0.1) is 5.82 Å². The average Bonchev–Trinajstić information content (AvgIpc) is 2.90. The number of halogens is 1. The monoisotopic (exact) mass is 282 g/mol. The van der Waals surface area contributed by atoms with E-state index in [1.165, 1.54) is 12.1 Å². The first-order valence-corrected chi connectivity index (χ1v) is 6.97. The van der Waals surface area contributed by atoms with Gasteiger partial charge in [0.25, 0.3) is 0 Å². The Morgan fingerprint density at radius 2 is 2.21 bits per heavy atom. The van der Waals surface area contributed by atoms with Gasteiger partial charge < -0.3 is 15.4 Å². The summed E-state index contributed by atoms with van der Waals surface area (Å²) in [5.74, 6) is -0.227. The summed E-state index contributed by atoms with van der Waals surface area (Å²) >= 11 is 5.24. The lowest BCUT2D eigenvalue weighted by molar-refractivity contribution is 0.114. The number of nitrogens with one attached hydrogen (secondary N) is 2. The van der Waals surface area contributed by atoms with Gasteiger partial charge in [0.1, 0.15) is 5.82 Å². The first-order chi connectivity index (χ1) is 9.15. The van der Waals surface area contributed by atoms with Crippen LogP contribution in [0.15, 0.2) is 24.3 Å². The Kier molecular flexibility index (Phi) is 5.10. The minimum absolute atomic E-state index is 0.0464. The van der Waals surface area contributed by atoms with Gasteiger partial charge in [0.05, 0.1) is 12.1 Å². The minimum Gasteiger partial charge on any atom is -0.376 e. The number of hydrogen-bond acceptors (Lipinski definition) is 2. The predicted octanol–water partition coefficient (Wildman–Crippen LogP) is 2.53. The van der Waals surface area contributed by atoms with E-state index in [0.29, 0.717) is 5.11 Å². The van der Waals surface area contributed by atoms with Crippen molar-refractivity contribution >= 4 is 17.3 Å². The van der Waals surface area contributed by atoms with Crippen molar-refractivity contribution in [3.63, 3.8) is 0 Å². The van der Waals surface area contributed by atoms with Crippen LogP contribution < -0.4 is 10.6 Å². The largest absolute Gasteiger partial charge is 0.376 e. The molecule has 3 nitrogen and oxygen atoms in total. The lowest BCUT2D eigenvalue weighted by atomic mass is 10.1. The zero-order chi connectivity index (χ0) is 13.7. The molecule has 2 rings (SSSR count). The molecule has 0 bridgehead atoms. The van der Waals surface area contributed by atoms with E-state index < -0.39 is 0 Å². The second-order valence-electron chi connectivity index (χ2n) is 4.76. The molecular weight excluding hydrogens is 263 g/mol. The third-order valence-corrected chi connectivity index (χ3v) is 3.49. The molecule has 1 aromatic carbocycles. The molecule has 0 radical (unpaired) electrons. The lowest BCUT2D eigenvalue weighted by Gasteiger charge is -2.18. The third-order valence-electron chi connectivity index (χ3n) is 3.23. The first-order valence-electron chi connectivity index (χ1n) is 6.56. The van der Waals surface area contributed by atoms with Crippen molar-refractivity contribution in [3.05, 3.63) is 35.6 Å². The molecule has 0 amide bonds. The summed E-state index contributed by atoms with van der Waals surface area (Å²) in [5, 5.41) is 6.94. The molecule has 1 aliphatic heterocycles. The highest BCUT2D eigenvalue weighted by molar-refractivity contribution is 7.80. The van der Waals surface area contributed by atoms with E-state index in [2.05, 4.69) is 10.6 Å². The number of hydrogen-bond donors (Lipinski definition) is 2. The second kappa shape index (κ2) is 6.82. The lowest BCUT2D eigenvalue weighted by Crippen LogP contribution is -2.40. The highest BCUT2D eigenvalue weighted by atomic mass is 32.1. The molecule has 19 heavy (non-hydrogen) atoms. The van der Waals surface area contributed by atoms with Gasteiger partial charge in [-0.15, -0.1) is 0 Å². The summed E-state index contributed by atoms with van der Waals surface area (Å²) in [6, 6.07) is 6.48. The van der Waals surface area contributed by atoms with Crippen LogP contribution in [0.5, 0.6) is 0 Å². The van der Waals surface area contributed by atoms with Crippen LogP contribution in [-0.4, -0.2) is 24.4 Å². The van der Waals surface area contributed by atoms with Gasteiger partial charge in [0.15, 0.2) is 5.11 Å². The van der Waals surface area contributed by atoms with E-state index in [1.807, 2.05) is 6.92 Å². The summed E-state index contributed by atoms with van der Waals surface area (Å²) in [7, 11) is 0. The molecule has 0 saturated carbocycles.